The van der Waals surface area contributed by atoms with Crippen LogP contribution in [0.15, 0.2) is 61.2 Å². The molecule has 0 spiro atoms. The molecular formula is C26H30N2O5. The lowest BCUT2D eigenvalue weighted by atomic mass is 9.98. The SMILES string of the molecule is C=CCCC(=O)NCCCCC(NC(=O)OCC1c2ccccc2-c2ccccc21)C(=O)O. The summed E-state index contributed by atoms with van der Waals surface area (Å²) in [5.74, 6) is -1.25. The van der Waals surface area contributed by atoms with Crippen molar-refractivity contribution in [3.8, 4) is 11.1 Å². The minimum absolute atomic E-state index is 0.0542. The molecule has 3 N–H and O–H groups in total. The number of unbranched alkanes of at least 4 members (excludes halogenated alkanes) is 1. The van der Waals surface area contributed by atoms with E-state index in [0.29, 0.717) is 32.2 Å². The molecule has 0 aliphatic heterocycles. The van der Waals surface area contributed by atoms with Crippen LogP contribution in [0.1, 0.15) is 49.1 Å². The number of allylic oxidation sites excluding steroid dienone is 1. The fourth-order valence-corrected chi connectivity index (χ4v) is 4.06. The topological polar surface area (TPSA) is 105 Å². The van der Waals surface area contributed by atoms with Crippen molar-refractivity contribution in [1.29, 1.82) is 0 Å². The Morgan fingerprint density at radius 3 is 2.27 bits per heavy atom. The molecule has 1 unspecified atom stereocenters. The van der Waals surface area contributed by atoms with Crippen LogP contribution in [0.25, 0.3) is 11.1 Å². The molecule has 2 aromatic rings. The standard InChI is InChI=1S/C26H30N2O5/c1-2-3-15-24(29)27-16-9-8-14-23(25(30)31)28-26(32)33-17-22-20-12-6-4-10-18(20)19-11-5-7-13-21(19)22/h2,4-7,10-13,22-23H,1,3,8-9,14-17H2,(H,27,29)(H,28,32)(H,30,31). The molecular weight excluding hydrogens is 420 g/mol. The summed E-state index contributed by atoms with van der Waals surface area (Å²) in [6.45, 7) is 4.17. The van der Waals surface area contributed by atoms with Crippen LogP contribution >= 0.6 is 0 Å². The van der Waals surface area contributed by atoms with Gasteiger partial charge in [-0.25, -0.2) is 9.59 Å². The van der Waals surface area contributed by atoms with Crippen LogP contribution in [0.3, 0.4) is 0 Å². The molecule has 2 amide bonds. The molecule has 2 aromatic carbocycles. The van der Waals surface area contributed by atoms with Crippen LogP contribution in [0.5, 0.6) is 0 Å². The van der Waals surface area contributed by atoms with E-state index in [9.17, 15) is 19.5 Å². The summed E-state index contributed by atoms with van der Waals surface area (Å²) < 4.78 is 5.44. The van der Waals surface area contributed by atoms with Gasteiger partial charge in [-0.2, -0.15) is 0 Å². The Morgan fingerprint density at radius 1 is 1.03 bits per heavy atom. The predicted octanol–water partition coefficient (Wildman–Crippen LogP) is 4.23. The molecule has 33 heavy (non-hydrogen) atoms. The molecule has 0 radical (unpaired) electrons. The van der Waals surface area contributed by atoms with Gasteiger partial charge in [0.1, 0.15) is 12.6 Å². The Balaban J connectivity index is 1.46. The summed E-state index contributed by atoms with van der Waals surface area (Å²) in [7, 11) is 0. The van der Waals surface area contributed by atoms with E-state index in [1.54, 1.807) is 6.08 Å². The maximum atomic E-state index is 12.4. The van der Waals surface area contributed by atoms with Crippen molar-refractivity contribution in [2.75, 3.05) is 13.2 Å². The van der Waals surface area contributed by atoms with Crippen LogP contribution < -0.4 is 10.6 Å². The lowest BCUT2D eigenvalue weighted by molar-refractivity contribution is -0.139. The van der Waals surface area contributed by atoms with Gasteiger partial charge in [-0.15, -0.1) is 6.58 Å². The van der Waals surface area contributed by atoms with E-state index in [1.807, 2.05) is 36.4 Å². The number of benzene rings is 2. The smallest absolute Gasteiger partial charge is 0.407 e. The normalized spacial score (nSPS) is 12.8. The van der Waals surface area contributed by atoms with Crippen molar-refractivity contribution in [1.82, 2.24) is 10.6 Å². The third kappa shape index (κ3) is 6.44. The molecule has 0 aromatic heterocycles. The van der Waals surface area contributed by atoms with Crippen molar-refractivity contribution in [3.05, 3.63) is 72.3 Å². The highest BCUT2D eigenvalue weighted by molar-refractivity contribution is 5.81. The fraction of sp³-hybridized carbons (Fsp3) is 0.346. The number of aliphatic carboxylic acids is 1. The van der Waals surface area contributed by atoms with Crippen LogP contribution in [0.4, 0.5) is 4.79 Å². The number of fused-ring (bicyclic) bond motifs is 3. The molecule has 174 valence electrons. The number of carboxylic acid groups (broad SMARTS) is 1. The minimum Gasteiger partial charge on any atom is -0.480 e. The molecule has 3 rings (SSSR count). The number of carboxylic acids is 1. The summed E-state index contributed by atoms with van der Waals surface area (Å²) in [4.78, 5) is 35.5. The molecule has 1 aliphatic rings. The molecule has 0 saturated carbocycles. The van der Waals surface area contributed by atoms with Crippen molar-refractivity contribution in [2.24, 2.45) is 0 Å². The Hall–Kier alpha value is -3.61. The lowest BCUT2D eigenvalue weighted by Crippen LogP contribution is -2.41. The Morgan fingerprint density at radius 2 is 1.67 bits per heavy atom. The predicted molar refractivity (Wildman–Crippen MR) is 126 cm³/mol. The van der Waals surface area contributed by atoms with Gasteiger partial charge in [-0.1, -0.05) is 54.6 Å². The monoisotopic (exact) mass is 450 g/mol. The van der Waals surface area contributed by atoms with Crippen LogP contribution in [0, 0.1) is 0 Å². The highest BCUT2D eigenvalue weighted by Gasteiger charge is 2.29. The number of hydrogen-bond acceptors (Lipinski definition) is 4. The first-order valence-corrected chi connectivity index (χ1v) is 11.2. The number of ether oxygens (including phenoxy) is 1. The van der Waals surface area contributed by atoms with Gasteiger partial charge in [0.2, 0.25) is 5.91 Å². The first kappa shape index (κ1) is 24.0. The lowest BCUT2D eigenvalue weighted by Gasteiger charge is -2.17. The second-order valence-electron chi connectivity index (χ2n) is 8.03. The van der Waals surface area contributed by atoms with Crippen LogP contribution in [-0.4, -0.2) is 42.3 Å². The van der Waals surface area contributed by atoms with E-state index in [0.717, 1.165) is 22.3 Å². The zero-order valence-corrected chi connectivity index (χ0v) is 18.6. The average molecular weight is 451 g/mol. The summed E-state index contributed by atoms with van der Waals surface area (Å²) in [6.07, 6.45) is 3.37. The van der Waals surface area contributed by atoms with Crippen LogP contribution in [0.2, 0.25) is 0 Å². The first-order valence-electron chi connectivity index (χ1n) is 11.2. The van der Waals surface area contributed by atoms with Gasteiger partial charge >= 0.3 is 12.1 Å². The number of nitrogens with one attached hydrogen (secondary N) is 2. The summed E-state index contributed by atoms with van der Waals surface area (Å²) in [6, 6.07) is 15.0. The molecule has 7 heteroatoms. The van der Waals surface area contributed by atoms with Gasteiger partial charge < -0.3 is 20.5 Å². The van der Waals surface area contributed by atoms with E-state index in [1.165, 1.54) is 0 Å². The van der Waals surface area contributed by atoms with E-state index < -0.39 is 18.1 Å². The Bertz CT molecular complexity index is 958. The Kier molecular flexibility index (Phi) is 8.63. The zero-order chi connectivity index (χ0) is 23.6. The van der Waals surface area contributed by atoms with Crippen molar-refractivity contribution < 1.29 is 24.2 Å². The zero-order valence-electron chi connectivity index (χ0n) is 18.6. The third-order valence-corrected chi connectivity index (χ3v) is 5.75. The number of rotatable bonds is 12. The molecule has 0 heterocycles. The van der Waals surface area contributed by atoms with Crippen LogP contribution in [-0.2, 0) is 14.3 Å². The second kappa shape index (κ2) is 11.9. The quantitative estimate of drug-likeness (QED) is 0.332. The van der Waals surface area contributed by atoms with Gasteiger partial charge in [-0.05, 0) is 47.9 Å². The Labute approximate surface area is 193 Å². The highest BCUT2D eigenvalue weighted by Crippen LogP contribution is 2.44. The van der Waals surface area contributed by atoms with E-state index in [-0.39, 0.29) is 24.9 Å². The summed E-state index contributed by atoms with van der Waals surface area (Å²) >= 11 is 0. The van der Waals surface area contributed by atoms with Gasteiger partial charge in [0.05, 0.1) is 0 Å². The van der Waals surface area contributed by atoms with Gasteiger partial charge in [-0.3, -0.25) is 4.79 Å². The first-order chi connectivity index (χ1) is 16.0. The molecule has 1 atom stereocenters. The highest BCUT2D eigenvalue weighted by atomic mass is 16.5. The maximum absolute atomic E-state index is 12.4. The molecule has 0 fully saturated rings. The second-order valence-corrected chi connectivity index (χ2v) is 8.03. The average Bonchev–Trinajstić information content (AvgIpc) is 3.14. The number of alkyl carbamates (subject to hydrolysis) is 1. The summed E-state index contributed by atoms with van der Waals surface area (Å²) in [5, 5.41) is 14.7. The number of carbonyl (C=O) groups excluding carboxylic acids is 2. The third-order valence-electron chi connectivity index (χ3n) is 5.75. The van der Waals surface area contributed by atoms with Gasteiger partial charge in [0.15, 0.2) is 0 Å². The fourth-order valence-electron chi connectivity index (χ4n) is 4.06. The molecule has 7 nitrogen and oxygen atoms in total. The molecule has 0 saturated heterocycles. The van der Waals surface area contributed by atoms with E-state index in [4.69, 9.17) is 4.74 Å². The largest absolute Gasteiger partial charge is 0.480 e. The number of hydrogen-bond donors (Lipinski definition) is 3. The van der Waals surface area contributed by atoms with E-state index >= 15 is 0 Å². The van der Waals surface area contributed by atoms with E-state index in [2.05, 4.69) is 29.3 Å². The minimum atomic E-state index is -1.11. The molecule has 1 aliphatic carbocycles. The summed E-state index contributed by atoms with van der Waals surface area (Å²) in [5.41, 5.74) is 4.44. The molecule has 0 bridgehead atoms. The van der Waals surface area contributed by atoms with Gasteiger partial charge in [0.25, 0.3) is 0 Å². The maximum Gasteiger partial charge on any atom is 0.407 e. The number of amides is 2. The van der Waals surface area contributed by atoms with Crippen molar-refractivity contribution in [2.45, 2.75) is 44.1 Å². The van der Waals surface area contributed by atoms with Crippen molar-refractivity contribution >= 4 is 18.0 Å². The van der Waals surface area contributed by atoms with Crippen molar-refractivity contribution in [3.63, 3.8) is 0 Å². The van der Waals surface area contributed by atoms with Gasteiger partial charge in [0, 0.05) is 18.9 Å². The number of carbonyl (C=O) groups is 3.